The second-order valence-corrected chi connectivity index (χ2v) is 3.65. The summed E-state index contributed by atoms with van der Waals surface area (Å²) >= 11 is 0. The maximum absolute atomic E-state index is 10.1. The van der Waals surface area contributed by atoms with E-state index in [9.17, 15) is 4.79 Å². The molecular formula is C14H16N4O3. The highest BCUT2D eigenvalue weighted by molar-refractivity contribution is 6.06. The number of hydrogen-bond acceptors (Lipinski definition) is 7. The van der Waals surface area contributed by atoms with Gasteiger partial charge >= 0.3 is 0 Å². The van der Waals surface area contributed by atoms with E-state index >= 15 is 0 Å². The molecule has 0 saturated heterocycles. The van der Waals surface area contributed by atoms with Gasteiger partial charge in [-0.2, -0.15) is 5.10 Å². The lowest BCUT2D eigenvalue weighted by Crippen LogP contribution is -2.02. The number of nitrogens with two attached hydrogens (primary N) is 1. The Morgan fingerprint density at radius 1 is 1.33 bits per heavy atom. The van der Waals surface area contributed by atoms with Gasteiger partial charge in [-0.25, -0.2) is 0 Å². The largest absolute Gasteiger partial charge is 0.463 e. The molecular weight excluding hydrogens is 272 g/mol. The first-order valence-electron chi connectivity index (χ1n) is 5.95. The summed E-state index contributed by atoms with van der Waals surface area (Å²) in [5, 5.41) is 11.1. The summed E-state index contributed by atoms with van der Waals surface area (Å²) in [6, 6.07) is 6.93. The third-order valence-electron chi connectivity index (χ3n) is 2.10. The van der Waals surface area contributed by atoms with E-state index in [4.69, 9.17) is 20.0 Å². The first-order chi connectivity index (χ1) is 10.2. The summed E-state index contributed by atoms with van der Waals surface area (Å²) in [4.78, 5) is 10.1. The van der Waals surface area contributed by atoms with Crippen molar-refractivity contribution in [3.63, 3.8) is 0 Å². The van der Waals surface area contributed by atoms with E-state index in [2.05, 4.69) is 10.5 Å². The van der Waals surface area contributed by atoms with E-state index in [1.54, 1.807) is 31.7 Å². The highest BCUT2D eigenvalue weighted by Crippen LogP contribution is 2.02. The van der Waals surface area contributed by atoms with Crippen molar-refractivity contribution in [3.8, 4) is 0 Å². The lowest BCUT2D eigenvalue weighted by Gasteiger charge is -1.91. The van der Waals surface area contributed by atoms with Crippen LogP contribution in [0.15, 0.2) is 62.5 Å². The summed E-state index contributed by atoms with van der Waals surface area (Å²) in [5.74, 6) is 1.14. The van der Waals surface area contributed by atoms with E-state index in [0.717, 1.165) is 5.76 Å². The van der Waals surface area contributed by atoms with Gasteiger partial charge in [0, 0.05) is 7.05 Å². The fraction of sp³-hybridized carbons (Fsp3) is 0.0714. The molecule has 2 aromatic rings. The van der Waals surface area contributed by atoms with Crippen LogP contribution >= 0.6 is 0 Å². The highest BCUT2D eigenvalue weighted by atomic mass is 16.3. The number of furan rings is 2. The van der Waals surface area contributed by atoms with Gasteiger partial charge in [0.25, 0.3) is 0 Å². The van der Waals surface area contributed by atoms with Crippen LogP contribution in [0.3, 0.4) is 0 Å². The quantitative estimate of drug-likeness (QED) is 0.334. The van der Waals surface area contributed by atoms with Crippen LogP contribution < -0.4 is 11.2 Å². The molecule has 0 aliphatic heterocycles. The number of hydrogen-bond donors (Lipinski definition) is 3. The van der Waals surface area contributed by atoms with Gasteiger partial charge in [-0.1, -0.05) is 0 Å². The van der Waals surface area contributed by atoms with Gasteiger partial charge in [-0.3, -0.25) is 10.2 Å². The molecule has 0 aliphatic carbocycles. The number of allylic oxidation sites excluding steroid dienone is 2. The maximum atomic E-state index is 10.1. The number of aldehydes is 1. The lowest BCUT2D eigenvalue weighted by atomic mass is 10.2. The molecule has 0 saturated carbocycles. The number of rotatable bonds is 5. The number of carbonyl (C=O) groups is 1. The minimum absolute atomic E-state index is 0.0106. The van der Waals surface area contributed by atoms with Gasteiger partial charge in [0.05, 0.1) is 30.1 Å². The van der Waals surface area contributed by atoms with Crippen LogP contribution in [-0.4, -0.2) is 25.3 Å². The van der Waals surface area contributed by atoms with Crippen LogP contribution in [0.5, 0.6) is 0 Å². The van der Waals surface area contributed by atoms with Crippen molar-refractivity contribution in [1.29, 1.82) is 5.41 Å². The van der Waals surface area contributed by atoms with Crippen molar-refractivity contribution in [2.45, 2.75) is 0 Å². The summed E-state index contributed by atoms with van der Waals surface area (Å²) < 4.78 is 9.85. The molecule has 21 heavy (non-hydrogen) atoms. The Hall–Kier alpha value is -3.09. The standard InChI is InChI=1S/C8H8N2O2.C6H8N2O/c9-6(5-11)4-7(10)8-2-1-3-12-8;1-7-8-5-6-3-2-4-9-6/h1-5,10H,9H2;2-5,7H,1H3/b6-4-,10-7?;8-5+. The molecule has 0 aromatic carbocycles. The number of carbonyl (C=O) groups excluding carboxylic acids is 1. The number of nitrogens with one attached hydrogen (secondary N) is 2. The van der Waals surface area contributed by atoms with Crippen LogP contribution in [0.25, 0.3) is 0 Å². The molecule has 7 heteroatoms. The summed E-state index contributed by atoms with van der Waals surface area (Å²) in [6.07, 6.45) is 6.40. The summed E-state index contributed by atoms with van der Waals surface area (Å²) in [5.41, 5.74) is 7.90. The van der Waals surface area contributed by atoms with E-state index in [1.165, 1.54) is 12.3 Å². The predicted octanol–water partition coefficient (Wildman–Crippen LogP) is 1.52. The van der Waals surface area contributed by atoms with Gasteiger partial charge < -0.3 is 20.0 Å². The molecule has 4 N–H and O–H groups in total. The average molecular weight is 288 g/mol. The Bertz CT molecular complexity index is 598. The molecule has 0 atom stereocenters. The zero-order valence-corrected chi connectivity index (χ0v) is 11.4. The molecule has 2 aromatic heterocycles. The van der Waals surface area contributed by atoms with E-state index in [0.29, 0.717) is 12.0 Å². The Balaban J connectivity index is 0.000000219. The van der Waals surface area contributed by atoms with Crippen molar-refractivity contribution < 1.29 is 13.6 Å². The lowest BCUT2D eigenvalue weighted by molar-refractivity contribution is -0.104. The van der Waals surface area contributed by atoms with Crippen LogP contribution in [-0.2, 0) is 4.79 Å². The second-order valence-electron chi connectivity index (χ2n) is 3.65. The van der Waals surface area contributed by atoms with Crippen LogP contribution in [0.1, 0.15) is 11.5 Å². The van der Waals surface area contributed by atoms with Crippen molar-refractivity contribution in [2.75, 3.05) is 7.05 Å². The first-order valence-corrected chi connectivity index (χ1v) is 5.95. The molecule has 2 rings (SSSR count). The van der Waals surface area contributed by atoms with Crippen LogP contribution in [0.2, 0.25) is 0 Å². The molecule has 2 heterocycles. The molecule has 0 bridgehead atoms. The molecule has 0 unspecified atom stereocenters. The topological polar surface area (TPSA) is 118 Å². The molecule has 0 aliphatic rings. The third-order valence-corrected chi connectivity index (χ3v) is 2.10. The SMILES string of the molecule is CN/N=C/c1ccco1.N=C(/C=C(\N)C=O)c1ccco1. The second kappa shape index (κ2) is 8.92. The Morgan fingerprint density at radius 2 is 2.05 bits per heavy atom. The van der Waals surface area contributed by atoms with Crippen molar-refractivity contribution in [3.05, 3.63) is 60.1 Å². The van der Waals surface area contributed by atoms with E-state index < -0.39 is 0 Å². The smallest absolute Gasteiger partial charge is 0.165 e. The normalized spacial score (nSPS) is 10.8. The van der Waals surface area contributed by atoms with E-state index in [1.807, 2.05) is 12.1 Å². The van der Waals surface area contributed by atoms with Crippen molar-refractivity contribution in [2.24, 2.45) is 10.8 Å². The fourth-order valence-corrected chi connectivity index (χ4v) is 1.20. The molecule has 110 valence electrons. The zero-order valence-electron chi connectivity index (χ0n) is 11.4. The average Bonchev–Trinajstić information content (AvgIpc) is 3.18. The van der Waals surface area contributed by atoms with Gasteiger partial charge in [-0.05, 0) is 30.3 Å². The molecule has 7 nitrogen and oxygen atoms in total. The Morgan fingerprint density at radius 3 is 2.57 bits per heavy atom. The Labute approximate surface area is 121 Å². The van der Waals surface area contributed by atoms with Crippen molar-refractivity contribution >= 4 is 18.2 Å². The summed E-state index contributed by atoms with van der Waals surface area (Å²) in [6.45, 7) is 0. The highest BCUT2D eigenvalue weighted by Gasteiger charge is 2.00. The van der Waals surface area contributed by atoms with Crippen LogP contribution in [0.4, 0.5) is 0 Å². The Kier molecular flexibility index (Phi) is 6.78. The zero-order chi connectivity index (χ0) is 15.5. The minimum Gasteiger partial charge on any atom is -0.463 e. The fourth-order valence-electron chi connectivity index (χ4n) is 1.20. The van der Waals surface area contributed by atoms with Gasteiger partial charge in [-0.15, -0.1) is 0 Å². The predicted molar refractivity (Wildman–Crippen MR) is 79.2 cm³/mol. The number of nitrogens with zero attached hydrogens (tertiary/aromatic N) is 1. The minimum atomic E-state index is 0.0106. The summed E-state index contributed by atoms with van der Waals surface area (Å²) in [7, 11) is 1.74. The van der Waals surface area contributed by atoms with Gasteiger partial charge in [0.2, 0.25) is 0 Å². The molecule has 0 radical (unpaired) electrons. The number of hydrazone groups is 1. The van der Waals surface area contributed by atoms with Crippen LogP contribution in [0, 0.1) is 5.41 Å². The van der Waals surface area contributed by atoms with Crippen molar-refractivity contribution in [1.82, 2.24) is 5.43 Å². The third kappa shape index (κ3) is 6.06. The maximum Gasteiger partial charge on any atom is 0.165 e. The van der Waals surface area contributed by atoms with E-state index in [-0.39, 0.29) is 11.4 Å². The van der Waals surface area contributed by atoms with Gasteiger partial charge in [0.15, 0.2) is 12.0 Å². The van der Waals surface area contributed by atoms with Gasteiger partial charge in [0.1, 0.15) is 5.76 Å². The molecule has 0 fully saturated rings. The molecule has 0 amide bonds. The first kappa shape index (κ1) is 16.0. The monoisotopic (exact) mass is 288 g/mol. The molecule has 0 spiro atoms.